The van der Waals surface area contributed by atoms with Crippen LogP contribution >= 0.6 is 11.6 Å². The molecule has 0 heterocycles. The van der Waals surface area contributed by atoms with E-state index >= 15 is 0 Å². The Morgan fingerprint density at radius 2 is 1.74 bits per heavy atom. The van der Waals surface area contributed by atoms with Crippen molar-refractivity contribution < 1.29 is 0 Å². The summed E-state index contributed by atoms with van der Waals surface area (Å²) in [6, 6.07) is 7.96. The first-order chi connectivity index (χ1) is 8.92. The van der Waals surface area contributed by atoms with Gasteiger partial charge in [0.05, 0.1) is 11.3 Å². The van der Waals surface area contributed by atoms with Gasteiger partial charge in [-0.25, -0.2) is 0 Å². The Kier molecular flexibility index (Phi) is 6.18. The minimum atomic E-state index is 0.380. The zero-order valence-electron chi connectivity index (χ0n) is 12.2. The van der Waals surface area contributed by atoms with E-state index in [1.807, 2.05) is 6.07 Å². The standard InChI is InChI=1S/C16H23ClN2/c1-11(2)7-15(8-12(3)4)19-16-9-14(17)6-5-13(16)10-18/h5-6,9,11-12,15,19H,7-8H2,1-4H3. The maximum Gasteiger partial charge on any atom is 0.101 e. The molecule has 1 rings (SSSR count). The zero-order chi connectivity index (χ0) is 14.4. The van der Waals surface area contributed by atoms with Crippen LogP contribution in [0.3, 0.4) is 0 Å². The molecule has 1 N–H and O–H groups in total. The van der Waals surface area contributed by atoms with Crippen molar-refractivity contribution in [2.45, 2.75) is 46.6 Å². The van der Waals surface area contributed by atoms with Gasteiger partial charge in [-0.15, -0.1) is 0 Å². The highest BCUT2D eigenvalue weighted by molar-refractivity contribution is 6.30. The molecular weight excluding hydrogens is 256 g/mol. The first kappa shape index (κ1) is 15.9. The molecule has 0 atom stereocenters. The summed E-state index contributed by atoms with van der Waals surface area (Å²) in [5, 5.41) is 13.3. The lowest BCUT2D eigenvalue weighted by Gasteiger charge is -2.24. The van der Waals surface area contributed by atoms with E-state index in [1.165, 1.54) is 0 Å². The number of halogens is 1. The molecular formula is C16H23ClN2. The Morgan fingerprint density at radius 3 is 2.21 bits per heavy atom. The summed E-state index contributed by atoms with van der Waals surface area (Å²) in [5.41, 5.74) is 1.50. The van der Waals surface area contributed by atoms with Crippen LogP contribution in [-0.4, -0.2) is 6.04 Å². The fraction of sp³-hybridized carbons (Fsp3) is 0.562. The van der Waals surface area contributed by atoms with Gasteiger partial charge in [-0.2, -0.15) is 5.26 Å². The summed E-state index contributed by atoms with van der Waals surface area (Å²) >= 11 is 6.02. The predicted octanol–water partition coefficient (Wildman–Crippen LogP) is 5.08. The van der Waals surface area contributed by atoms with Gasteiger partial charge in [-0.1, -0.05) is 39.3 Å². The highest BCUT2D eigenvalue weighted by atomic mass is 35.5. The molecule has 0 unspecified atom stereocenters. The second kappa shape index (κ2) is 7.40. The molecule has 3 heteroatoms. The number of nitriles is 1. The van der Waals surface area contributed by atoms with Crippen LogP contribution in [0.4, 0.5) is 5.69 Å². The molecule has 2 nitrogen and oxygen atoms in total. The summed E-state index contributed by atoms with van der Waals surface area (Å²) in [5.74, 6) is 1.25. The van der Waals surface area contributed by atoms with E-state index in [2.05, 4.69) is 39.1 Å². The number of hydrogen-bond donors (Lipinski definition) is 1. The number of nitrogens with zero attached hydrogens (tertiary/aromatic N) is 1. The van der Waals surface area contributed by atoms with E-state index in [9.17, 15) is 0 Å². The van der Waals surface area contributed by atoms with Crippen molar-refractivity contribution in [2.24, 2.45) is 11.8 Å². The molecule has 0 spiro atoms. The minimum absolute atomic E-state index is 0.380. The van der Waals surface area contributed by atoms with Crippen LogP contribution < -0.4 is 5.32 Å². The summed E-state index contributed by atoms with van der Waals surface area (Å²) in [6.07, 6.45) is 2.19. The summed E-state index contributed by atoms with van der Waals surface area (Å²) in [7, 11) is 0. The van der Waals surface area contributed by atoms with Crippen LogP contribution in [0.25, 0.3) is 0 Å². The molecule has 0 radical (unpaired) electrons. The fourth-order valence-corrected chi connectivity index (χ4v) is 2.48. The average Bonchev–Trinajstić information content (AvgIpc) is 2.27. The van der Waals surface area contributed by atoms with Gasteiger partial charge in [-0.05, 0) is 42.9 Å². The third-order valence-corrected chi connectivity index (χ3v) is 3.21. The molecule has 0 aliphatic heterocycles. The first-order valence-corrected chi connectivity index (χ1v) is 7.26. The van der Waals surface area contributed by atoms with E-state index < -0.39 is 0 Å². The van der Waals surface area contributed by atoms with Gasteiger partial charge >= 0.3 is 0 Å². The van der Waals surface area contributed by atoms with Crippen LogP contribution in [0.2, 0.25) is 5.02 Å². The maximum atomic E-state index is 9.15. The van der Waals surface area contributed by atoms with Crippen molar-refractivity contribution >= 4 is 17.3 Å². The van der Waals surface area contributed by atoms with Crippen LogP contribution in [0.15, 0.2) is 18.2 Å². The molecule has 19 heavy (non-hydrogen) atoms. The second-order valence-corrected chi connectivity index (χ2v) is 6.34. The lowest BCUT2D eigenvalue weighted by Crippen LogP contribution is -2.24. The van der Waals surface area contributed by atoms with Crippen LogP contribution in [0.1, 0.15) is 46.1 Å². The van der Waals surface area contributed by atoms with Crippen LogP contribution in [-0.2, 0) is 0 Å². The molecule has 0 fully saturated rings. The second-order valence-electron chi connectivity index (χ2n) is 5.90. The van der Waals surface area contributed by atoms with Gasteiger partial charge in [0.1, 0.15) is 6.07 Å². The first-order valence-electron chi connectivity index (χ1n) is 6.88. The van der Waals surface area contributed by atoms with Crippen molar-refractivity contribution in [3.8, 4) is 6.07 Å². The number of nitrogens with one attached hydrogen (secondary N) is 1. The summed E-state index contributed by atoms with van der Waals surface area (Å²) in [4.78, 5) is 0. The molecule has 0 saturated heterocycles. The van der Waals surface area contributed by atoms with Gasteiger partial charge in [0, 0.05) is 11.1 Å². The molecule has 1 aromatic rings. The molecule has 0 bridgehead atoms. The van der Waals surface area contributed by atoms with Crippen molar-refractivity contribution in [1.82, 2.24) is 0 Å². The molecule has 0 aliphatic carbocycles. The minimum Gasteiger partial charge on any atom is -0.381 e. The zero-order valence-corrected chi connectivity index (χ0v) is 13.0. The normalized spacial score (nSPS) is 11.1. The molecule has 0 amide bonds. The highest BCUT2D eigenvalue weighted by Crippen LogP contribution is 2.24. The molecule has 0 saturated carbocycles. The average molecular weight is 279 g/mol. The molecule has 0 aromatic heterocycles. The largest absolute Gasteiger partial charge is 0.381 e. The topological polar surface area (TPSA) is 35.8 Å². The Balaban J connectivity index is 2.89. The number of rotatable bonds is 6. The Morgan fingerprint density at radius 1 is 1.16 bits per heavy atom. The summed E-state index contributed by atoms with van der Waals surface area (Å²) in [6.45, 7) is 8.88. The van der Waals surface area contributed by atoms with Crippen LogP contribution in [0, 0.1) is 23.2 Å². The third-order valence-electron chi connectivity index (χ3n) is 2.97. The highest BCUT2D eigenvalue weighted by Gasteiger charge is 2.14. The van der Waals surface area contributed by atoms with E-state index in [4.69, 9.17) is 16.9 Å². The molecule has 1 aromatic carbocycles. The molecule has 0 aliphatic rings. The van der Waals surface area contributed by atoms with Gasteiger partial charge in [0.25, 0.3) is 0 Å². The fourth-order valence-electron chi connectivity index (χ4n) is 2.31. The van der Waals surface area contributed by atoms with E-state index in [0.29, 0.717) is 28.5 Å². The number of anilines is 1. The number of benzene rings is 1. The van der Waals surface area contributed by atoms with E-state index in [1.54, 1.807) is 12.1 Å². The monoisotopic (exact) mass is 278 g/mol. The smallest absolute Gasteiger partial charge is 0.101 e. The molecule has 104 valence electrons. The van der Waals surface area contributed by atoms with E-state index in [-0.39, 0.29) is 0 Å². The van der Waals surface area contributed by atoms with Crippen molar-refractivity contribution in [1.29, 1.82) is 5.26 Å². The predicted molar refractivity (Wildman–Crippen MR) is 82.5 cm³/mol. The van der Waals surface area contributed by atoms with Crippen molar-refractivity contribution in [2.75, 3.05) is 5.32 Å². The van der Waals surface area contributed by atoms with Gasteiger partial charge in [-0.3, -0.25) is 0 Å². The SMILES string of the molecule is CC(C)CC(CC(C)C)Nc1cc(Cl)ccc1C#N. The third kappa shape index (κ3) is 5.53. The van der Waals surface area contributed by atoms with Gasteiger partial charge < -0.3 is 5.32 Å². The Labute approximate surface area is 121 Å². The Bertz CT molecular complexity index is 437. The maximum absolute atomic E-state index is 9.15. The van der Waals surface area contributed by atoms with Crippen molar-refractivity contribution in [3.63, 3.8) is 0 Å². The lowest BCUT2D eigenvalue weighted by molar-refractivity contribution is 0.442. The lowest BCUT2D eigenvalue weighted by atomic mass is 9.95. The van der Waals surface area contributed by atoms with Gasteiger partial charge in [0.2, 0.25) is 0 Å². The van der Waals surface area contributed by atoms with Gasteiger partial charge in [0.15, 0.2) is 0 Å². The number of hydrogen-bond acceptors (Lipinski definition) is 2. The quantitative estimate of drug-likeness (QED) is 0.787. The van der Waals surface area contributed by atoms with Crippen LogP contribution in [0.5, 0.6) is 0 Å². The summed E-state index contributed by atoms with van der Waals surface area (Å²) < 4.78 is 0. The Hall–Kier alpha value is -1.20. The van der Waals surface area contributed by atoms with Crippen molar-refractivity contribution in [3.05, 3.63) is 28.8 Å². The van der Waals surface area contributed by atoms with E-state index in [0.717, 1.165) is 18.5 Å².